The van der Waals surface area contributed by atoms with E-state index in [1.807, 2.05) is 0 Å². The molecule has 1 aromatic rings. The number of unbranched alkanes of at least 4 members (excludes halogenated alkanes) is 4. The van der Waals surface area contributed by atoms with E-state index in [4.69, 9.17) is 0 Å². The molecular formula is C12H18N2O2. The minimum absolute atomic E-state index is 0.0646. The van der Waals surface area contributed by atoms with E-state index in [1.54, 1.807) is 6.07 Å². The highest BCUT2D eigenvalue weighted by Gasteiger charge is 2.04. The van der Waals surface area contributed by atoms with Gasteiger partial charge in [-0.05, 0) is 18.9 Å². The van der Waals surface area contributed by atoms with Crippen molar-refractivity contribution in [2.24, 2.45) is 0 Å². The van der Waals surface area contributed by atoms with E-state index >= 15 is 0 Å². The Kier molecular flexibility index (Phi) is 5.46. The molecular weight excluding hydrogens is 204 g/mol. The first kappa shape index (κ1) is 12.6. The van der Waals surface area contributed by atoms with Crippen LogP contribution in [0.4, 0.5) is 5.69 Å². The number of pyridine rings is 1. The summed E-state index contributed by atoms with van der Waals surface area (Å²) in [5, 5.41) is 10.4. The van der Waals surface area contributed by atoms with E-state index in [9.17, 15) is 10.1 Å². The molecule has 88 valence electrons. The van der Waals surface area contributed by atoms with Crippen LogP contribution in [0.1, 0.15) is 44.7 Å². The van der Waals surface area contributed by atoms with Gasteiger partial charge in [0.15, 0.2) is 0 Å². The van der Waals surface area contributed by atoms with Crippen LogP contribution in [0.3, 0.4) is 0 Å². The van der Waals surface area contributed by atoms with Gasteiger partial charge in [0.25, 0.3) is 5.69 Å². The van der Waals surface area contributed by atoms with Crippen molar-refractivity contribution in [3.8, 4) is 0 Å². The van der Waals surface area contributed by atoms with Crippen LogP contribution in [0.5, 0.6) is 0 Å². The van der Waals surface area contributed by atoms with Gasteiger partial charge in [-0.1, -0.05) is 32.6 Å². The van der Waals surface area contributed by atoms with Crippen LogP contribution in [0, 0.1) is 10.1 Å². The van der Waals surface area contributed by atoms with Crippen molar-refractivity contribution in [3.05, 3.63) is 34.1 Å². The molecule has 0 atom stereocenters. The van der Waals surface area contributed by atoms with Gasteiger partial charge in [0.05, 0.1) is 4.92 Å². The van der Waals surface area contributed by atoms with Crippen molar-refractivity contribution in [2.45, 2.75) is 45.4 Å². The van der Waals surface area contributed by atoms with Crippen LogP contribution >= 0.6 is 0 Å². The van der Waals surface area contributed by atoms with E-state index in [-0.39, 0.29) is 5.69 Å². The van der Waals surface area contributed by atoms with Crippen LogP contribution < -0.4 is 0 Å². The van der Waals surface area contributed by atoms with E-state index in [0.717, 1.165) is 18.5 Å². The fourth-order valence-electron chi connectivity index (χ4n) is 1.58. The second-order valence-corrected chi connectivity index (χ2v) is 3.93. The molecule has 0 N–H and O–H groups in total. The number of aryl methyl sites for hydroxylation is 1. The summed E-state index contributed by atoms with van der Waals surface area (Å²) in [7, 11) is 0. The van der Waals surface area contributed by atoms with E-state index in [0.29, 0.717) is 0 Å². The smallest absolute Gasteiger partial charge is 0.258 e. The van der Waals surface area contributed by atoms with E-state index < -0.39 is 4.92 Å². The van der Waals surface area contributed by atoms with Gasteiger partial charge in [0, 0.05) is 11.8 Å². The van der Waals surface area contributed by atoms with Crippen LogP contribution in [-0.2, 0) is 6.42 Å². The van der Waals surface area contributed by atoms with Crippen molar-refractivity contribution in [1.82, 2.24) is 4.98 Å². The first-order valence-corrected chi connectivity index (χ1v) is 5.83. The Bertz CT molecular complexity index is 322. The maximum Gasteiger partial charge on any atom is 0.287 e. The highest BCUT2D eigenvalue weighted by Crippen LogP contribution is 2.11. The van der Waals surface area contributed by atoms with E-state index in [1.165, 1.54) is 37.9 Å². The van der Waals surface area contributed by atoms with Gasteiger partial charge in [-0.25, -0.2) is 0 Å². The van der Waals surface area contributed by atoms with Gasteiger partial charge >= 0.3 is 0 Å². The third-order valence-electron chi connectivity index (χ3n) is 2.56. The Labute approximate surface area is 95.9 Å². The first-order valence-electron chi connectivity index (χ1n) is 5.83. The van der Waals surface area contributed by atoms with Gasteiger partial charge in [-0.15, -0.1) is 0 Å². The number of nitrogens with zero attached hydrogens (tertiary/aromatic N) is 2. The second kappa shape index (κ2) is 6.93. The van der Waals surface area contributed by atoms with Crippen LogP contribution in [0.15, 0.2) is 18.3 Å². The molecule has 0 unspecified atom stereocenters. The van der Waals surface area contributed by atoms with Crippen molar-refractivity contribution in [3.63, 3.8) is 0 Å². The molecule has 0 amide bonds. The second-order valence-electron chi connectivity index (χ2n) is 3.93. The van der Waals surface area contributed by atoms with Crippen molar-refractivity contribution >= 4 is 5.69 Å². The molecule has 0 aromatic carbocycles. The summed E-state index contributed by atoms with van der Waals surface area (Å²) in [4.78, 5) is 14.1. The Morgan fingerprint density at radius 2 is 2.00 bits per heavy atom. The summed E-state index contributed by atoms with van der Waals surface area (Å²) >= 11 is 0. The fraction of sp³-hybridized carbons (Fsp3) is 0.583. The molecule has 0 bridgehead atoms. The molecule has 0 aliphatic carbocycles. The molecule has 4 heteroatoms. The Balaban J connectivity index is 2.29. The predicted molar refractivity (Wildman–Crippen MR) is 63.4 cm³/mol. The number of hydrogen-bond acceptors (Lipinski definition) is 3. The van der Waals surface area contributed by atoms with Gasteiger partial charge in [-0.2, -0.15) is 0 Å². The fourth-order valence-corrected chi connectivity index (χ4v) is 1.58. The van der Waals surface area contributed by atoms with Gasteiger partial charge < -0.3 is 0 Å². The minimum atomic E-state index is -0.419. The molecule has 0 fully saturated rings. The summed E-state index contributed by atoms with van der Waals surface area (Å²) in [5.74, 6) is 0. The summed E-state index contributed by atoms with van der Waals surface area (Å²) in [6, 6.07) is 3.27. The monoisotopic (exact) mass is 222 g/mol. The number of aromatic nitrogens is 1. The maximum atomic E-state index is 10.4. The summed E-state index contributed by atoms with van der Waals surface area (Å²) in [6.45, 7) is 2.19. The summed E-state index contributed by atoms with van der Waals surface area (Å²) in [5.41, 5.74) is 1.01. The standard InChI is InChI=1S/C12H18N2O2/c1-2-3-4-5-6-7-11-8-9-12(10-13-11)14(15)16/h8-10H,2-7H2,1H3. The molecule has 0 aliphatic rings. The average molecular weight is 222 g/mol. The summed E-state index contributed by atoms with van der Waals surface area (Å²) in [6.07, 6.45) is 8.38. The SMILES string of the molecule is CCCCCCCc1ccc([N+](=O)[O-])cn1. The Morgan fingerprint density at radius 1 is 1.25 bits per heavy atom. The predicted octanol–water partition coefficient (Wildman–Crippen LogP) is 3.50. The topological polar surface area (TPSA) is 56.0 Å². The Hall–Kier alpha value is -1.45. The third-order valence-corrected chi connectivity index (χ3v) is 2.56. The zero-order valence-electron chi connectivity index (χ0n) is 9.69. The summed E-state index contributed by atoms with van der Waals surface area (Å²) < 4.78 is 0. The highest BCUT2D eigenvalue weighted by atomic mass is 16.6. The lowest BCUT2D eigenvalue weighted by atomic mass is 10.1. The zero-order valence-corrected chi connectivity index (χ0v) is 9.69. The number of hydrogen-bond donors (Lipinski definition) is 0. The molecule has 1 heterocycles. The number of nitro groups is 1. The first-order chi connectivity index (χ1) is 7.74. The molecule has 0 aliphatic heterocycles. The molecule has 1 rings (SSSR count). The van der Waals surface area contributed by atoms with E-state index in [2.05, 4.69) is 11.9 Å². The Morgan fingerprint density at radius 3 is 2.56 bits per heavy atom. The highest BCUT2D eigenvalue weighted by molar-refractivity contribution is 5.26. The largest absolute Gasteiger partial charge is 0.287 e. The molecule has 0 radical (unpaired) electrons. The number of rotatable bonds is 7. The molecule has 0 saturated heterocycles. The molecule has 16 heavy (non-hydrogen) atoms. The van der Waals surface area contributed by atoms with Gasteiger partial charge in [0.1, 0.15) is 6.20 Å². The molecule has 0 saturated carbocycles. The molecule has 0 spiro atoms. The van der Waals surface area contributed by atoms with Crippen molar-refractivity contribution < 1.29 is 4.92 Å². The van der Waals surface area contributed by atoms with Gasteiger partial charge in [0.2, 0.25) is 0 Å². The lowest BCUT2D eigenvalue weighted by molar-refractivity contribution is -0.385. The normalized spacial score (nSPS) is 10.3. The van der Waals surface area contributed by atoms with Crippen LogP contribution in [0.2, 0.25) is 0 Å². The quantitative estimate of drug-likeness (QED) is 0.403. The lowest BCUT2D eigenvalue weighted by Gasteiger charge is -2.00. The maximum absolute atomic E-state index is 10.4. The van der Waals surface area contributed by atoms with Crippen LogP contribution in [-0.4, -0.2) is 9.91 Å². The van der Waals surface area contributed by atoms with Crippen molar-refractivity contribution in [1.29, 1.82) is 0 Å². The third kappa shape index (κ3) is 4.38. The molecule has 1 aromatic heterocycles. The molecule has 4 nitrogen and oxygen atoms in total. The van der Waals surface area contributed by atoms with Crippen molar-refractivity contribution in [2.75, 3.05) is 0 Å². The van der Waals surface area contributed by atoms with Gasteiger partial charge in [-0.3, -0.25) is 15.1 Å². The minimum Gasteiger partial charge on any atom is -0.258 e. The lowest BCUT2D eigenvalue weighted by Crippen LogP contribution is -1.93. The average Bonchev–Trinajstić information content (AvgIpc) is 2.29. The zero-order chi connectivity index (χ0) is 11.8. The van der Waals surface area contributed by atoms with Crippen LogP contribution in [0.25, 0.3) is 0 Å².